The van der Waals surface area contributed by atoms with Gasteiger partial charge in [0.1, 0.15) is 0 Å². The Hall–Kier alpha value is -1.40. The number of benzene rings is 1. The van der Waals surface area contributed by atoms with Crippen LogP contribution in [0.2, 0.25) is 0 Å². The summed E-state index contributed by atoms with van der Waals surface area (Å²) in [7, 11) is 5.31. The molecule has 1 aromatic carbocycles. The van der Waals surface area contributed by atoms with Gasteiger partial charge in [-0.05, 0) is 50.4 Å². The van der Waals surface area contributed by atoms with E-state index in [2.05, 4.69) is 4.90 Å². The lowest BCUT2D eigenvalue weighted by atomic mass is 10.1. The van der Waals surface area contributed by atoms with E-state index >= 15 is 0 Å². The second kappa shape index (κ2) is 9.58. The number of hydrogen-bond donors (Lipinski definition) is 1. The predicted molar refractivity (Wildman–Crippen MR) is 89.1 cm³/mol. The number of carboxylic acids is 1. The smallest absolute Gasteiger partial charge is 0.303 e. The fraction of sp³-hybridized carbons (Fsp3) is 0.562. The van der Waals surface area contributed by atoms with Crippen LogP contribution < -0.4 is 9.47 Å². The van der Waals surface area contributed by atoms with Crippen LogP contribution in [0.1, 0.15) is 24.8 Å². The third-order valence-electron chi connectivity index (χ3n) is 3.41. The van der Waals surface area contributed by atoms with E-state index in [0.29, 0.717) is 6.42 Å². The largest absolute Gasteiger partial charge is 0.493 e. The Labute approximate surface area is 136 Å². The van der Waals surface area contributed by atoms with Crippen LogP contribution in [0.5, 0.6) is 11.5 Å². The summed E-state index contributed by atoms with van der Waals surface area (Å²) in [5, 5.41) is 8.65. The molecular formula is C16H25NO4S. The summed E-state index contributed by atoms with van der Waals surface area (Å²) in [6, 6.07) is 4.01. The topological polar surface area (TPSA) is 59.0 Å². The molecule has 22 heavy (non-hydrogen) atoms. The number of nitrogens with zero attached hydrogens (tertiary/aromatic N) is 1. The highest BCUT2D eigenvalue weighted by molar-refractivity contribution is 7.98. The zero-order chi connectivity index (χ0) is 16.5. The molecule has 0 radical (unpaired) electrons. The van der Waals surface area contributed by atoms with Gasteiger partial charge >= 0.3 is 5.97 Å². The normalized spacial score (nSPS) is 10.8. The molecule has 0 fully saturated rings. The molecule has 124 valence electrons. The van der Waals surface area contributed by atoms with Gasteiger partial charge in [0.2, 0.25) is 0 Å². The lowest BCUT2D eigenvalue weighted by Gasteiger charge is -2.20. The first-order valence-corrected chi connectivity index (χ1v) is 8.43. The minimum atomic E-state index is -0.729. The maximum absolute atomic E-state index is 10.5. The van der Waals surface area contributed by atoms with Crippen molar-refractivity contribution in [2.45, 2.75) is 30.7 Å². The van der Waals surface area contributed by atoms with Gasteiger partial charge in [0.15, 0.2) is 11.5 Å². The van der Waals surface area contributed by atoms with Gasteiger partial charge in [-0.1, -0.05) is 0 Å². The first kappa shape index (κ1) is 18.6. The molecule has 1 N–H and O–H groups in total. The fourth-order valence-electron chi connectivity index (χ4n) is 2.24. The molecule has 0 saturated carbocycles. The first-order valence-electron chi connectivity index (χ1n) is 7.21. The van der Waals surface area contributed by atoms with Gasteiger partial charge in [-0.2, -0.15) is 0 Å². The van der Waals surface area contributed by atoms with Crippen molar-refractivity contribution in [2.24, 2.45) is 0 Å². The van der Waals surface area contributed by atoms with Crippen molar-refractivity contribution in [3.05, 3.63) is 17.7 Å². The Morgan fingerprint density at radius 3 is 2.41 bits per heavy atom. The van der Waals surface area contributed by atoms with Crippen LogP contribution in [0, 0.1) is 0 Å². The molecular weight excluding hydrogens is 302 g/mol. The zero-order valence-electron chi connectivity index (χ0n) is 13.7. The van der Waals surface area contributed by atoms with Gasteiger partial charge < -0.3 is 19.5 Å². The third kappa shape index (κ3) is 5.77. The molecule has 0 aliphatic carbocycles. The number of carboxylic acid groups (broad SMARTS) is 1. The van der Waals surface area contributed by atoms with Gasteiger partial charge in [0.25, 0.3) is 0 Å². The van der Waals surface area contributed by atoms with E-state index in [4.69, 9.17) is 14.6 Å². The molecule has 0 amide bonds. The molecule has 5 nitrogen and oxygen atoms in total. The second-order valence-corrected chi connectivity index (χ2v) is 5.96. The van der Waals surface area contributed by atoms with Crippen molar-refractivity contribution in [3.8, 4) is 11.5 Å². The van der Waals surface area contributed by atoms with Crippen LogP contribution in [0.15, 0.2) is 17.0 Å². The molecule has 0 saturated heterocycles. The third-order valence-corrected chi connectivity index (χ3v) is 4.23. The van der Waals surface area contributed by atoms with Crippen LogP contribution in [-0.4, -0.2) is 50.0 Å². The number of hydrogen-bond acceptors (Lipinski definition) is 5. The molecule has 0 heterocycles. The second-order valence-electron chi connectivity index (χ2n) is 5.11. The maximum atomic E-state index is 10.5. The summed E-state index contributed by atoms with van der Waals surface area (Å²) in [5.41, 5.74) is 1.19. The SMILES string of the molecule is COc1cc(CN(C)CCCCC(=O)O)c(SC)cc1OC. The molecule has 0 atom stereocenters. The number of aliphatic carboxylic acids is 1. The standard InChI is InChI=1S/C16H25NO4S/c1-17(8-6-5-7-16(18)19)11-12-9-13(20-2)14(21-3)10-15(12)22-4/h9-10H,5-8,11H2,1-4H3,(H,18,19). The molecule has 1 aromatic rings. The Bertz CT molecular complexity index is 493. The lowest BCUT2D eigenvalue weighted by molar-refractivity contribution is -0.137. The van der Waals surface area contributed by atoms with Crippen molar-refractivity contribution < 1.29 is 19.4 Å². The number of ether oxygens (including phenoxy) is 2. The van der Waals surface area contributed by atoms with E-state index in [9.17, 15) is 4.79 Å². The van der Waals surface area contributed by atoms with Crippen molar-refractivity contribution in [2.75, 3.05) is 34.1 Å². The summed E-state index contributed by atoms with van der Waals surface area (Å²) in [5.74, 6) is 0.738. The highest BCUT2D eigenvalue weighted by atomic mass is 32.2. The number of thioether (sulfide) groups is 1. The number of unbranched alkanes of at least 4 members (excludes halogenated alkanes) is 1. The maximum Gasteiger partial charge on any atom is 0.303 e. The van der Waals surface area contributed by atoms with Crippen molar-refractivity contribution in [1.82, 2.24) is 4.90 Å². The van der Waals surface area contributed by atoms with E-state index in [1.165, 1.54) is 5.56 Å². The summed E-state index contributed by atoms with van der Waals surface area (Å²) < 4.78 is 10.7. The Kier molecular flexibility index (Phi) is 8.12. The Morgan fingerprint density at radius 2 is 1.86 bits per heavy atom. The number of methoxy groups -OCH3 is 2. The summed E-state index contributed by atoms with van der Waals surface area (Å²) in [6.45, 7) is 1.67. The average Bonchev–Trinajstić information content (AvgIpc) is 2.50. The highest BCUT2D eigenvalue weighted by Crippen LogP contribution is 2.35. The first-order chi connectivity index (χ1) is 10.5. The van der Waals surface area contributed by atoms with Crippen LogP contribution in [0.4, 0.5) is 0 Å². The molecule has 0 aliphatic heterocycles. The fourth-order valence-corrected chi connectivity index (χ4v) is 2.85. The van der Waals surface area contributed by atoms with E-state index in [1.54, 1.807) is 26.0 Å². The van der Waals surface area contributed by atoms with Crippen LogP contribution in [0.25, 0.3) is 0 Å². The summed E-state index contributed by atoms with van der Waals surface area (Å²) >= 11 is 1.68. The summed E-state index contributed by atoms with van der Waals surface area (Å²) in [4.78, 5) is 13.9. The van der Waals surface area contributed by atoms with E-state index < -0.39 is 5.97 Å². The van der Waals surface area contributed by atoms with Gasteiger partial charge in [-0.15, -0.1) is 11.8 Å². The molecule has 0 spiro atoms. The van der Waals surface area contributed by atoms with Crippen LogP contribution in [-0.2, 0) is 11.3 Å². The van der Waals surface area contributed by atoms with Crippen molar-refractivity contribution >= 4 is 17.7 Å². The monoisotopic (exact) mass is 327 g/mol. The van der Waals surface area contributed by atoms with Crippen molar-refractivity contribution in [3.63, 3.8) is 0 Å². The Morgan fingerprint density at radius 1 is 1.23 bits per heavy atom. The summed E-state index contributed by atoms with van der Waals surface area (Å²) in [6.07, 6.45) is 3.86. The van der Waals surface area contributed by atoms with Crippen LogP contribution >= 0.6 is 11.8 Å². The van der Waals surface area contributed by atoms with Gasteiger partial charge in [-0.3, -0.25) is 4.79 Å². The quantitative estimate of drug-likeness (QED) is 0.526. The van der Waals surface area contributed by atoms with Gasteiger partial charge in [0.05, 0.1) is 14.2 Å². The van der Waals surface area contributed by atoms with Gasteiger partial charge in [0, 0.05) is 17.9 Å². The Balaban J connectivity index is 2.68. The molecule has 0 aromatic heterocycles. The molecule has 1 rings (SSSR count). The molecule has 0 aliphatic rings. The lowest BCUT2D eigenvalue weighted by Crippen LogP contribution is -2.19. The predicted octanol–water partition coefficient (Wildman–Crippen LogP) is 3.11. The van der Waals surface area contributed by atoms with E-state index in [1.807, 2.05) is 25.4 Å². The molecule has 6 heteroatoms. The minimum Gasteiger partial charge on any atom is -0.493 e. The van der Waals surface area contributed by atoms with Crippen LogP contribution in [0.3, 0.4) is 0 Å². The zero-order valence-corrected chi connectivity index (χ0v) is 14.5. The van der Waals surface area contributed by atoms with Crippen molar-refractivity contribution in [1.29, 1.82) is 0 Å². The highest BCUT2D eigenvalue weighted by Gasteiger charge is 2.12. The number of rotatable bonds is 10. The molecule has 0 bridgehead atoms. The number of carbonyl (C=O) groups is 1. The van der Waals surface area contributed by atoms with E-state index in [-0.39, 0.29) is 6.42 Å². The minimum absolute atomic E-state index is 0.236. The van der Waals surface area contributed by atoms with E-state index in [0.717, 1.165) is 35.9 Å². The molecule has 0 unspecified atom stereocenters. The van der Waals surface area contributed by atoms with Gasteiger partial charge in [-0.25, -0.2) is 0 Å². The average molecular weight is 327 g/mol.